The number of hydrogen-bond donors (Lipinski definition) is 1. The van der Waals surface area contributed by atoms with Crippen LogP contribution in [-0.2, 0) is 4.79 Å². The highest BCUT2D eigenvalue weighted by atomic mass is 16.4. The van der Waals surface area contributed by atoms with Crippen molar-refractivity contribution in [3.8, 4) is 0 Å². The van der Waals surface area contributed by atoms with Gasteiger partial charge in [0.2, 0.25) is 0 Å². The molecule has 0 heterocycles. The summed E-state index contributed by atoms with van der Waals surface area (Å²) in [5.74, 6) is -0.823. The van der Waals surface area contributed by atoms with E-state index >= 15 is 0 Å². The highest BCUT2D eigenvalue weighted by molar-refractivity contribution is 5.76. The van der Waals surface area contributed by atoms with E-state index in [0.717, 1.165) is 25.7 Å². The van der Waals surface area contributed by atoms with E-state index in [1.807, 2.05) is 0 Å². The van der Waals surface area contributed by atoms with Gasteiger partial charge in [-0.15, -0.1) is 0 Å². The number of aliphatic imine (C=N–C) groups is 1. The Hall–Kier alpha value is -0.860. The monoisotopic (exact) mass is 169 g/mol. The third-order valence-electron chi connectivity index (χ3n) is 2.64. The topological polar surface area (TPSA) is 49.7 Å². The standard InChI is InChI=1S/C9H15NO2/c1-3-4-9(5-6-9)7(10-2)8(11)12/h7H,2-6H2,1H3,(H,11,12)/t7-/m1/s1. The van der Waals surface area contributed by atoms with Crippen molar-refractivity contribution in [2.24, 2.45) is 10.4 Å². The van der Waals surface area contributed by atoms with Gasteiger partial charge in [0.25, 0.3) is 0 Å². The molecule has 0 unspecified atom stereocenters. The molecule has 1 fully saturated rings. The molecule has 1 rings (SSSR count). The number of carboxylic acids is 1. The number of rotatable bonds is 5. The van der Waals surface area contributed by atoms with Crippen molar-refractivity contribution < 1.29 is 9.90 Å². The van der Waals surface area contributed by atoms with Gasteiger partial charge in [0.1, 0.15) is 0 Å². The molecule has 0 aliphatic heterocycles. The predicted molar refractivity (Wildman–Crippen MR) is 47.5 cm³/mol. The molecule has 0 aromatic carbocycles. The van der Waals surface area contributed by atoms with Crippen molar-refractivity contribution in [2.45, 2.75) is 38.6 Å². The normalized spacial score (nSPS) is 21.4. The molecule has 1 saturated carbocycles. The van der Waals surface area contributed by atoms with Gasteiger partial charge >= 0.3 is 5.97 Å². The van der Waals surface area contributed by atoms with Gasteiger partial charge in [0, 0.05) is 5.41 Å². The lowest BCUT2D eigenvalue weighted by Crippen LogP contribution is -2.28. The van der Waals surface area contributed by atoms with Gasteiger partial charge in [0.05, 0.1) is 0 Å². The number of aliphatic carboxylic acids is 1. The summed E-state index contributed by atoms with van der Waals surface area (Å²) < 4.78 is 0. The molecule has 1 N–H and O–H groups in total. The van der Waals surface area contributed by atoms with E-state index in [9.17, 15) is 4.79 Å². The second kappa shape index (κ2) is 3.25. The van der Waals surface area contributed by atoms with Crippen LogP contribution in [0.3, 0.4) is 0 Å². The Balaban J connectivity index is 2.64. The van der Waals surface area contributed by atoms with Gasteiger partial charge < -0.3 is 5.11 Å². The van der Waals surface area contributed by atoms with Crippen LogP contribution >= 0.6 is 0 Å². The van der Waals surface area contributed by atoms with E-state index in [1.54, 1.807) is 0 Å². The predicted octanol–water partition coefficient (Wildman–Crippen LogP) is 1.72. The Kier molecular flexibility index (Phi) is 2.50. The minimum Gasteiger partial charge on any atom is -0.480 e. The second-order valence-electron chi connectivity index (χ2n) is 3.54. The van der Waals surface area contributed by atoms with Gasteiger partial charge in [-0.1, -0.05) is 13.3 Å². The molecular formula is C9H15NO2. The van der Waals surface area contributed by atoms with Crippen LogP contribution in [0.15, 0.2) is 4.99 Å². The fourth-order valence-corrected chi connectivity index (χ4v) is 1.85. The largest absolute Gasteiger partial charge is 0.480 e. The first-order chi connectivity index (χ1) is 5.66. The molecule has 0 aromatic heterocycles. The minimum absolute atomic E-state index is 0.0394. The van der Waals surface area contributed by atoms with Crippen LogP contribution in [-0.4, -0.2) is 23.8 Å². The zero-order valence-corrected chi connectivity index (χ0v) is 7.42. The molecule has 0 aromatic rings. The summed E-state index contributed by atoms with van der Waals surface area (Å²) in [6, 6.07) is -0.572. The summed E-state index contributed by atoms with van der Waals surface area (Å²) in [7, 11) is 0. The Morgan fingerprint density at radius 2 is 2.33 bits per heavy atom. The lowest BCUT2D eigenvalue weighted by Gasteiger charge is -2.18. The van der Waals surface area contributed by atoms with Gasteiger partial charge in [-0.3, -0.25) is 4.99 Å². The average molecular weight is 169 g/mol. The fourth-order valence-electron chi connectivity index (χ4n) is 1.85. The Morgan fingerprint density at radius 1 is 1.75 bits per heavy atom. The van der Waals surface area contributed by atoms with E-state index < -0.39 is 12.0 Å². The van der Waals surface area contributed by atoms with Crippen LogP contribution in [0.2, 0.25) is 0 Å². The second-order valence-corrected chi connectivity index (χ2v) is 3.54. The third-order valence-corrected chi connectivity index (χ3v) is 2.64. The average Bonchev–Trinajstić information content (AvgIpc) is 2.71. The first kappa shape index (κ1) is 9.23. The van der Waals surface area contributed by atoms with Crippen LogP contribution < -0.4 is 0 Å². The third kappa shape index (κ3) is 1.49. The SMILES string of the molecule is C=N[C@H](C(=O)O)C1(CCC)CC1. The highest BCUT2D eigenvalue weighted by Gasteiger charge is 2.51. The molecule has 12 heavy (non-hydrogen) atoms. The van der Waals surface area contributed by atoms with Crippen LogP contribution in [0.25, 0.3) is 0 Å². The Morgan fingerprint density at radius 3 is 2.58 bits per heavy atom. The van der Waals surface area contributed by atoms with Gasteiger partial charge in [0.15, 0.2) is 6.04 Å². The van der Waals surface area contributed by atoms with E-state index in [4.69, 9.17) is 5.11 Å². The molecule has 1 atom stereocenters. The van der Waals surface area contributed by atoms with Gasteiger partial charge in [-0.25, -0.2) is 4.79 Å². The molecule has 3 nitrogen and oxygen atoms in total. The summed E-state index contributed by atoms with van der Waals surface area (Å²) in [5, 5.41) is 8.84. The molecule has 3 heteroatoms. The van der Waals surface area contributed by atoms with Crippen molar-refractivity contribution in [3.63, 3.8) is 0 Å². The first-order valence-electron chi connectivity index (χ1n) is 4.35. The molecule has 1 aliphatic carbocycles. The van der Waals surface area contributed by atoms with Gasteiger partial charge in [-0.05, 0) is 26.0 Å². The summed E-state index contributed by atoms with van der Waals surface area (Å²) in [6.07, 6.45) is 3.98. The molecule has 1 aliphatic rings. The quantitative estimate of drug-likeness (QED) is 0.637. The summed E-state index contributed by atoms with van der Waals surface area (Å²) >= 11 is 0. The lowest BCUT2D eigenvalue weighted by molar-refractivity contribution is -0.140. The number of hydrogen-bond acceptors (Lipinski definition) is 2. The van der Waals surface area contributed by atoms with E-state index in [2.05, 4.69) is 18.6 Å². The highest BCUT2D eigenvalue weighted by Crippen LogP contribution is 2.53. The summed E-state index contributed by atoms with van der Waals surface area (Å²) in [5.41, 5.74) is -0.0394. The van der Waals surface area contributed by atoms with Crippen molar-refractivity contribution in [2.75, 3.05) is 0 Å². The van der Waals surface area contributed by atoms with Crippen molar-refractivity contribution in [3.05, 3.63) is 0 Å². The van der Waals surface area contributed by atoms with Crippen LogP contribution in [0.1, 0.15) is 32.6 Å². The Labute approximate surface area is 72.5 Å². The molecule has 0 bridgehead atoms. The first-order valence-corrected chi connectivity index (χ1v) is 4.35. The molecule has 0 amide bonds. The maximum Gasteiger partial charge on any atom is 0.328 e. The zero-order valence-electron chi connectivity index (χ0n) is 7.42. The van der Waals surface area contributed by atoms with E-state index in [-0.39, 0.29) is 5.41 Å². The smallest absolute Gasteiger partial charge is 0.328 e. The number of nitrogens with zero attached hydrogens (tertiary/aromatic N) is 1. The molecular weight excluding hydrogens is 154 g/mol. The number of carbonyl (C=O) groups is 1. The number of carboxylic acid groups (broad SMARTS) is 1. The van der Waals surface area contributed by atoms with Crippen LogP contribution in [0, 0.1) is 5.41 Å². The fraction of sp³-hybridized carbons (Fsp3) is 0.778. The zero-order chi connectivity index (χ0) is 9.19. The minimum atomic E-state index is -0.823. The maximum atomic E-state index is 10.8. The summed E-state index contributed by atoms with van der Waals surface area (Å²) in [6.45, 7) is 5.41. The lowest BCUT2D eigenvalue weighted by atomic mass is 9.92. The molecule has 68 valence electrons. The van der Waals surface area contributed by atoms with Crippen molar-refractivity contribution in [1.82, 2.24) is 0 Å². The van der Waals surface area contributed by atoms with Crippen LogP contribution in [0.4, 0.5) is 0 Å². The van der Waals surface area contributed by atoms with Gasteiger partial charge in [-0.2, -0.15) is 0 Å². The Bertz CT molecular complexity index is 197. The maximum absolute atomic E-state index is 10.8. The van der Waals surface area contributed by atoms with E-state index in [0.29, 0.717) is 0 Å². The van der Waals surface area contributed by atoms with Crippen LogP contribution in [0.5, 0.6) is 0 Å². The van der Waals surface area contributed by atoms with Crippen molar-refractivity contribution in [1.29, 1.82) is 0 Å². The molecule has 0 saturated heterocycles. The van der Waals surface area contributed by atoms with Crippen molar-refractivity contribution >= 4 is 12.7 Å². The molecule has 0 radical (unpaired) electrons. The summed E-state index contributed by atoms with van der Waals surface area (Å²) in [4.78, 5) is 14.4. The molecule has 0 spiro atoms. The van der Waals surface area contributed by atoms with E-state index in [1.165, 1.54) is 0 Å².